The van der Waals surface area contributed by atoms with Gasteiger partial charge in [0.25, 0.3) is 0 Å². The number of anilines is 2. The van der Waals surface area contributed by atoms with Crippen molar-refractivity contribution in [3.8, 4) is 0 Å². The van der Waals surface area contributed by atoms with Crippen LogP contribution in [0.5, 0.6) is 0 Å². The molecule has 3 N–H and O–H groups in total. The van der Waals surface area contributed by atoms with Crippen molar-refractivity contribution in [3.63, 3.8) is 0 Å². The smallest absolute Gasteiger partial charge is 0.319 e. The number of urea groups is 1. The fourth-order valence-corrected chi connectivity index (χ4v) is 3.16. The fraction of sp³-hybridized carbons (Fsp3) is 0.474. The molecule has 1 aliphatic rings. The van der Waals surface area contributed by atoms with E-state index in [2.05, 4.69) is 32.8 Å². The topological polar surface area (TPSA) is 82.4 Å². The van der Waals surface area contributed by atoms with Gasteiger partial charge in [0.1, 0.15) is 0 Å². The number of rotatable bonds is 6. The number of carbonyl (C=O) groups excluding carboxylic acids is 1. The molecule has 3 rings (SSSR count). The molecule has 26 heavy (non-hydrogen) atoms. The van der Waals surface area contributed by atoms with Crippen molar-refractivity contribution in [1.82, 2.24) is 15.1 Å². The summed E-state index contributed by atoms with van der Waals surface area (Å²) < 4.78 is 1.76. The normalized spacial score (nSPS) is 15.1. The molecule has 1 saturated heterocycles. The third-order valence-corrected chi connectivity index (χ3v) is 4.84. The third kappa shape index (κ3) is 4.76. The Balaban J connectivity index is 1.46. The summed E-state index contributed by atoms with van der Waals surface area (Å²) in [6, 6.07) is 8.04. The van der Waals surface area contributed by atoms with Gasteiger partial charge in [0.15, 0.2) is 0 Å². The number of nitrogens with one attached hydrogen (secondary N) is 2. The van der Waals surface area contributed by atoms with E-state index in [1.54, 1.807) is 17.1 Å². The lowest BCUT2D eigenvalue weighted by Gasteiger charge is -2.33. The molecule has 2 aromatic rings. The first kappa shape index (κ1) is 18.3. The Bertz CT molecular complexity index is 705. The second kappa shape index (κ2) is 8.71. The number of nitrogens with zero attached hydrogens (tertiary/aromatic N) is 3. The van der Waals surface area contributed by atoms with Crippen LogP contribution in [-0.4, -0.2) is 40.6 Å². The summed E-state index contributed by atoms with van der Waals surface area (Å²) in [4.78, 5) is 14.3. The molecule has 1 fully saturated rings. The first-order valence-electron chi connectivity index (χ1n) is 9.20. The maximum Gasteiger partial charge on any atom is 0.319 e. The molecule has 0 aliphatic carbocycles. The minimum Gasteiger partial charge on any atom is -0.396 e. The van der Waals surface area contributed by atoms with Gasteiger partial charge >= 0.3 is 6.03 Å². The third-order valence-electron chi connectivity index (χ3n) is 4.84. The summed E-state index contributed by atoms with van der Waals surface area (Å²) in [5.74, 6) is 0.442. The highest BCUT2D eigenvalue weighted by Gasteiger charge is 2.18. The number of aromatic nitrogens is 2. The molecule has 1 aromatic carbocycles. The van der Waals surface area contributed by atoms with Crippen LogP contribution < -0.4 is 15.5 Å². The van der Waals surface area contributed by atoms with Crippen LogP contribution in [0.3, 0.4) is 0 Å². The molecule has 1 aliphatic heterocycles. The first-order chi connectivity index (χ1) is 12.7. The minimum atomic E-state index is -0.240. The molecular formula is C19H27N5O2. The van der Waals surface area contributed by atoms with Gasteiger partial charge in [-0.2, -0.15) is 5.10 Å². The SMILES string of the molecule is CCn1cc(NC(=O)NCc2ccc(N3CCC(CO)CC3)cc2)cn1. The number of amides is 2. The van der Waals surface area contributed by atoms with Gasteiger partial charge < -0.3 is 20.6 Å². The zero-order valence-corrected chi connectivity index (χ0v) is 15.2. The van der Waals surface area contributed by atoms with Crippen molar-refractivity contribution in [2.24, 2.45) is 5.92 Å². The predicted molar refractivity (Wildman–Crippen MR) is 102 cm³/mol. The molecule has 2 heterocycles. The van der Waals surface area contributed by atoms with Gasteiger partial charge in [-0.05, 0) is 43.4 Å². The Kier molecular flexibility index (Phi) is 6.12. The van der Waals surface area contributed by atoms with E-state index < -0.39 is 0 Å². The number of aliphatic hydroxyl groups excluding tert-OH is 1. The molecule has 0 radical (unpaired) electrons. The molecule has 0 atom stereocenters. The quantitative estimate of drug-likeness (QED) is 0.742. The number of piperidine rings is 1. The predicted octanol–water partition coefficient (Wildman–Crippen LogP) is 2.43. The van der Waals surface area contributed by atoms with E-state index in [9.17, 15) is 9.90 Å². The Hall–Kier alpha value is -2.54. The lowest BCUT2D eigenvalue weighted by atomic mass is 9.97. The molecule has 0 bridgehead atoms. The monoisotopic (exact) mass is 357 g/mol. The highest BCUT2D eigenvalue weighted by Crippen LogP contribution is 2.23. The summed E-state index contributed by atoms with van der Waals surface area (Å²) in [5, 5.41) is 19.0. The summed E-state index contributed by atoms with van der Waals surface area (Å²) >= 11 is 0. The van der Waals surface area contributed by atoms with Crippen molar-refractivity contribution in [3.05, 3.63) is 42.2 Å². The molecule has 1 aromatic heterocycles. The largest absolute Gasteiger partial charge is 0.396 e. The van der Waals surface area contributed by atoms with Gasteiger partial charge in [0.05, 0.1) is 11.9 Å². The highest BCUT2D eigenvalue weighted by molar-refractivity contribution is 5.88. The van der Waals surface area contributed by atoms with Gasteiger partial charge in [0, 0.05) is 44.7 Å². The average molecular weight is 357 g/mol. The lowest BCUT2D eigenvalue weighted by Crippen LogP contribution is -2.34. The average Bonchev–Trinajstić information content (AvgIpc) is 3.14. The molecule has 0 saturated carbocycles. The van der Waals surface area contributed by atoms with E-state index in [1.165, 1.54) is 5.69 Å². The second-order valence-electron chi connectivity index (χ2n) is 6.67. The molecule has 7 heteroatoms. The Morgan fingerprint density at radius 3 is 2.62 bits per heavy atom. The molecule has 0 spiro atoms. The van der Waals surface area contributed by atoms with Crippen LogP contribution in [0.2, 0.25) is 0 Å². The first-order valence-corrected chi connectivity index (χ1v) is 9.20. The zero-order valence-electron chi connectivity index (χ0n) is 15.2. The minimum absolute atomic E-state index is 0.240. The van der Waals surface area contributed by atoms with Gasteiger partial charge in [-0.1, -0.05) is 12.1 Å². The van der Waals surface area contributed by atoms with E-state index in [1.807, 2.05) is 19.1 Å². The summed E-state index contributed by atoms with van der Waals surface area (Å²) in [7, 11) is 0. The maximum atomic E-state index is 12.0. The summed E-state index contributed by atoms with van der Waals surface area (Å²) in [5.41, 5.74) is 2.94. The van der Waals surface area contributed by atoms with Crippen molar-refractivity contribution in [2.75, 3.05) is 29.9 Å². The van der Waals surface area contributed by atoms with Crippen LogP contribution in [0.15, 0.2) is 36.7 Å². The molecular weight excluding hydrogens is 330 g/mol. The van der Waals surface area contributed by atoms with Crippen molar-refractivity contribution in [1.29, 1.82) is 0 Å². The van der Waals surface area contributed by atoms with Gasteiger partial charge in [-0.15, -0.1) is 0 Å². The van der Waals surface area contributed by atoms with Crippen molar-refractivity contribution >= 4 is 17.4 Å². The molecule has 140 valence electrons. The standard InChI is InChI=1S/C19H27N5O2/c1-2-24-13-17(12-21-24)22-19(26)20-11-15-3-5-18(6-4-15)23-9-7-16(14-25)8-10-23/h3-6,12-13,16,25H,2,7-11,14H2,1H3,(H2,20,22,26). The van der Waals surface area contributed by atoms with E-state index in [0.717, 1.165) is 38.0 Å². The lowest BCUT2D eigenvalue weighted by molar-refractivity contribution is 0.203. The fourth-order valence-electron chi connectivity index (χ4n) is 3.16. The van der Waals surface area contributed by atoms with Gasteiger partial charge in [-0.25, -0.2) is 4.79 Å². The molecule has 0 unspecified atom stereocenters. The number of hydrogen-bond donors (Lipinski definition) is 3. The maximum absolute atomic E-state index is 12.0. The summed E-state index contributed by atoms with van der Waals surface area (Å²) in [6.45, 7) is 5.50. The highest BCUT2D eigenvalue weighted by atomic mass is 16.3. The van der Waals surface area contributed by atoms with Gasteiger partial charge in [-0.3, -0.25) is 4.68 Å². The number of carbonyl (C=O) groups is 1. The number of aryl methyl sites for hydroxylation is 1. The van der Waals surface area contributed by atoms with E-state index >= 15 is 0 Å². The van der Waals surface area contributed by atoms with Crippen molar-refractivity contribution < 1.29 is 9.90 Å². The van der Waals surface area contributed by atoms with E-state index in [-0.39, 0.29) is 6.03 Å². The zero-order chi connectivity index (χ0) is 18.4. The van der Waals surface area contributed by atoms with Crippen LogP contribution >= 0.6 is 0 Å². The van der Waals surface area contributed by atoms with Gasteiger partial charge in [0.2, 0.25) is 0 Å². The molecule has 7 nitrogen and oxygen atoms in total. The number of hydrogen-bond acceptors (Lipinski definition) is 4. The van der Waals surface area contributed by atoms with E-state index in [4.69, 9.17) is 0 Å². The number of aliphatic hydroxyl groups is 1. The summed E-state index contributed by atoms with van der Waals surface area (Å²) in [6.07, 6.45) is 5.51. The van der Waals surface area contributed by atoms with Crippen LogP contribution in [-0.2, 0) is 13.1 Å². The number of benzene rings is 1. The molecule has 2 amide bonds. The van der Waals surface area contributed by atoms with Crippen LogP contribution in [0.4, 0.5) is 16.2 Å². The van der Waals surface area contributed by atoms with Crippen LogP contribution in [0.1, 0.15) is 25.3 Å². The second-order valence-corrected chi connectivity index (χ2v) is 6.67. The Morgan fingerprint density at radius 1 is 1.27 bits per heavy atom. The Labute approximate surface area is 154 Å². The van der Waals surface area contributed by atoms with E-state index in [0.29, 0.717) is 24.8 Å². The van der Waals surface area contributed by atoms with Crippen molar-refractivity contribution in [2.45, 2.75) is 32.9 Å². The Morgan fingerprint density at radius 2 is 2.00 bits per heavy atom. The van der Waals surface area contributed by atoms with Crippen LogP contribution in [0.25, 0.3) is 0 Å². The van der Waals surface area contributed by atoms with Crippen LogP contribution in [0, 0.1) is 5.92 Å².